The van der Waals surface area contributed by atoms with Crippen molar-refractivity contribution in [3.8, 4) is 15.6 Å². The van der Waals surface area contributed by atoms with E-state index in [1.165, 1.54) is 23.0 Å². The highest BCUT2D eigenvalue weighted by molar-refractivity contribution is 7.90. The van der Waals surface area contributed by atoms with Gasteiger partial charge >= 0.3 is 0 Å². The van der Waals surface area contributed by atoms with Gasteiger partial charge in [0.05, 0.1) is 11.5 Å². The fourth-order valence-electron chi connectivity index (χ4n) is 3.87. The van der Waals surface area contributed by atoms with Crippen LogP contribution in [0.25, 0.3) is 10.4 Å². The first-order valence-electron chi connectivity index (χ1n) is 11.2. The van der Waals surface area contributed by atoms with Crippen molar-refractivity contribution in [1.82, 2.24) is 19.9 Å². The standard InChI is InChI=1S/C23H29N5O3S2/c1-3-4-18-13-25-22(26-14-18)28-10-7-17(8-11-28)9-12-31-23-27-16-20(32-23)19-5-6-21(24-15-19)33(2,29)30/h5-6,13-17H,3-4,7-12H2,1-2H3. The summed E-state index contributed by atoms with van der Waals surface area (Å²) in [5.41, 5.74) is 2.02. The molecule has 1 aliphatic heterocycles. The Morgan fingerprint density at radius 3 is 2.45 bits per heavy atom. The Hall–Kier alpha value is -2.59. The van der Waals surface area contributed by atoms with Gasteiger partial charge in [0.25, 0.3) is 5.19 Å². The van der Waals surface area contributed by atoms with Crippen LogP contribution in [0.1, 0.15) is 38.2 Å². The number of ether oxygens (including phenoxy) is 1. The molecule has 3 aromatic rings. The minimum absolute atomic E-state index is 0.0679. The lowest BCUT2D eigenvalue weighted by Gasteiger charge is -2.31. The molecule has 0 amide bonds. The molecule has 0 bridgehead atoms. The molecule has 0 radical (unpaired) electrons. The highest BCUT2D eigenvalue weighted by atomic mass is 32.2. The molecule has 4 rings (SSSR count). The summed E-state index contributed by atoms with van der Waals surface area (Å²) in [5, 5.41) is 0.688. The summed E-state index contributed by atoms with van der Waals surface area (Å²) in [6.07, 6.45) is 13.7. The maximum Gasteiger partial charge on any atom is 0.273 e. The van der Waals surface area contributed by atoms with E-state index in [1.54, 1.807) is 18.5 Å². The van der Waals surface area contributed by atoms with Crippen molar-refractivity contribution in [3.63, 3.8) is 0 Å². The highest BCUT2D eigenvalue weighted by Gasteiger charge is 2.21. The number of pyridine rings is 1. The minimum Gasteiger partial charge on any atom is -0.470 e. The molecule has 1 saturated heterocycles. The number of rotatable bonds is 9. The summed E-state index contributed by atoms with van der Waals surface area (Å²) in [5.74, 6) is 1.45. The second-order valence-corrected chi connectivity index (χ2v) is 11.3. The van der Waals surface area contributed by atoms with Crippen molar-refractivity contribution in [2.24, 2.45) is 5.92 Å². The molecular weight excluding hydrogens is 458 g/mol. The average molecular weight is 488 g/mol. The molecule has 4 heterocycles. The largest absolute Gasteiger partial charge is 0.470 e. The van der Waals surface area contributed by atoms with E-state index in [2.05, 4.69) is 31.8 Å². The molecule has 10 heteroatoms. The molecule has 0 unspecified atom stereocenters. The SMILES string of the molecule is CCCc1cnc(N2CCC(CCOc3ncc(-c4ccc(S(C)(=O)=O)nc4)s3)CC2)nc1. The Morgan fingerprint density at radius 2 is 1.82 bits per heavy atom. The number of piperidine rings is 1. The van der Waals surface area contributed by atoms with E-state index in [4.69, 9.17) is 4.74 Å². The Balaban J connectivity index is 1.22. The summed E-state index contributed by atoms with van der Waals surface area (Å²) in [4.78, 5) is 20.6. The molecule has 1 aliphatic rings. The molecule has 0 aromatic carbocycles. The van der Waals surface area contributed by atoms with Gasteiger partial charge in [-0.05, 0) is 49.3 Å². The van der Waals surface area contributed by atoms with Gasteiger partial charge in [-0.2, -0.15) is 0 Å². The van der Waals surface area contributed by atoms with E-state index in [1.807, 2.05) is 12.4 Å². The van der Waals surface area contributed by atoms with E-state index >= 15 is 0 Å². The van der Waals surface area contributed by atoms with Crippen LogP contribution in [0.2, 0.25) is 0 Å². The van der Waals surface area contributed by atoms with Crippen molar-refractivity contribution >= 4 is 27.1 Å². The van der Waals surface area contributed by atoms with Crippen molar-refractivity contribution in [2.75, 3.05) is 30.9 Å². The molecular formula is C23H29N5O3S2. The van der Waals surface area contributed by atoms with Crippen LogP contribution in [0.4, 0.5) is 5.95 Å². The van der Waals surface area contributed by atoms with Gasteiger partial charge in [-0.1, -0.05) is 24.7 Å². The van der Waals surface area contributed by atoms with E-state index in [0.29, 0.717) is 17.7 Å². The smallest absolute Gasteiger partial charge is 0.273 e. The van der Waals surface area contributed by atoms with Crippen molar-refractivity contribution in [2.45, 2.75) is 44.1 Å². The molecule has 1 fully saturated rings. The zero-order valence-corrected chi connectivity index (χ0v) is 20.6. The molecule has 8 nitrogen and oxygen atoms in total. The Labute approximate surface area is 199 Å². The molecule has 0 N–H and O–H groups in total. The van der Waals surface area contributed by atoms with Gasteiger partial charge in [-0.25, -0.2) is 28.4 Å². The zero-order valence-electron chi connectivity index (χ0n) is 19.0. The first kappa shape index (κ1) is 23.6. The molecule has 0 aliphatic carbocycles. The van der Waals surface area contributed by atoms with Gasteiger partial charge in [0.2, 0.25) is 5.95 Å². The molecule has 0 atom stereocenters. The third-order valence-corrected chi connectivity index (χ3v) is 7.72. The maximum atomic E-state index is 11.6. The highest BCUT2D eigenvalue weighted by Crippen LogP contribution is 2.31. The molecule has 33 heavy (non-hydrogen) atoms. The summed E-state index contributed by atoms with van der Waals surface area (Å²) in [6, 6.07) is 3.26. The number of aromatic nitrogens is 4. The summed E-state index contributed by atoms with van der Waals surface area (Å²) >= 11 is 1.44. The Morgan fingerprint density at radius 1 is 1.06 bits per heavy atom. The summed E-state index contributed by atoms with van der Waals surface area (Å²) in [7, 11) is -3.30. The van der Waals surface area contributed by atoms with Gasteiger partial charge < -0.3 is 9.64 Å². The van der Waals surface area contributed by atoms with E-state index in [9.17, 15) is 8.42 Å². The van der Waals surface area contributed by atoms with Gasteiger partial charge in [0, 0.05) is 49.7 Å². The average Bonchev–Trinajstić information content (AvgIpc) is 3.29. The number of aryl methyl sites for hydroxylation is 1. The van der Waals surface area contributed by atoms with Gasteiger partial charge in [-0.3, -0.25) is 0 Å². The van der Waals surface area contributed by atoms with Crippen LogP contribution in [0.5, 0.6) is 5.19 Å². The molecule has 176 valence electrons. The minimum atomic E-state index is -3.30. The third-order valence-electron chi connectivity index (χ3n) is 5.76. The van der Waals surface area contributed by atoms with Crippen LogP contribution in [0.3, 0.4) is 0 Å². The lowest BCUT2D eigenvalue weighted by atomic mass is 9.94. The van der Waals surface area contributed by atoms with Crippen molar-refractivity contribution in [3.05, 3.63) is 42.5 Å². The predicted molar refractivity (Wildman–Crippen MR) is 130 cm³/mol. The summed E-state index contributed by atoms with van der Waals surface area (Å²) in [6.45, 7) is 4.73. The fraction of sp³-hybridized carbons (Fsp3) is 0.478. The monoisotopic (exact) mass is 487 g/mol. The van der Waals surface area contributed by atoms with Crippen LogP contribution in [-0.4, -0.2) is 54.3 Å². The van der Waals surface area contributed by atoms with Crippen molar-refractivity contribution < 1.29 is 13.2 Å². The van der Waals surface area contributed by atoms with Gasteiger partial charge in [0.15, 0.2) is 14.9 Å². The van der Waals surface area contributed by atoms with Gasteiger partial charge in [0.1, 0.15) is 0 Å². The fourth-order valence-corrected chi connectivity index (χ4v) is 5.21. The topological polar surface area (TPSA) is 98.2 Å². The molecule has 0 spiro atoms. The second kappa shape index (κ2) is 10.6. The quantitative estimate of drug-likeness (QED) is 0.446. The number of thiazole rings is 1. The second-order valence-electron chi connectivity index (χ2n) is 8.36. The summed E-state index contributed by atoms with van der Waals surface area (Å²) < 4.78 is 29.0. The third kappa shape index (κ3) is 6.26. The van der Waals surface area contributed by atoms with Crippen molar-refractivity contribution in [1.29, 1.82) is 0 Å². The lowest BCUT2D eigenvalue weighted by molar-refractivity contribution is 0.257. The van der Waals surface area contributed by atoms with Crippen LogP contribution in [0.15, 0.2) is 41.9 Å². The van der Waals surface area contributed by atoms with Crippen LogP contribution < -0.4 is 9.64 Å². The van der Waals surface area contributed by atoms with Crippen LogP contribution >= 0.6 is 11.3 Å². The Kier molecular flexibility index (Phi) is 7.54. The van der Waals surface area contributed by atoms with Crippen LogP contribution in [0, 0.1) is 5.92 Å². The van der Waals surface area contributed by atoms with Gasteiger partial charge in [-0.15, -0.1) is 0 Å². The number of hydrogen-bond acceptors (Lipinski definition) is 9. The number of sulfone groups is 1. The maximum absolute atomic E-state index is 11.6. The first-order chi connectivity index (χ1) is 15.9. The number of anilines is 1. The lowest BCUT2D eigenvalue weighted by Crippen LogP contribution is -2.35. The van der Waals surface area contributed by atoms with E-state index in [0.717, 1.165) is 67.8 Å². The first-order valence-corrected chi connectivity index (χ1v) is 13.9. The normalized spacial score (nSPS) is 15.0. The van der Waals surface area contributed by atoms with Crippen LogP contribution in [-0.2, 0) is 16.3 Å². The zero-order chi connectivity index (χ0) is 23.3. The van der Waals surface area contributed by atoms with E-state index < -0.39 is 9.84 Å². The molecule has 0 saturated carbocycles. The Bertz CT molecular complexity index is 1140. The number of hydrogen-bond donors (Lipinski definition) is 0. The predicted octanol–water partition coefficient (Wildman–Crippen LogP) is 4.04. The molecule has 3 aromatic heterocycles. The van der Waals surface area contributed by atoms with E-state index in [-0.39, 0.29) is 5.03 Å². The number of nitrogens with zero attached hydrogens (tertiary/aromatic N) is 5.